The first-order valence-corrected chi connectivity index (χ1v) is 13.7. The summed E-state index contributed by atoms with van der Waals surface area (Å²) in [5.41, 5.74) is 0.679. The van der Waals surface area contributed by atoms with Crippen LogP contribution in [0.3, 0.4) is 0 Å². The number of halogens is 3. The summed E-state index contributed by atoms with van der Waals surface area (Å²) in [6, 6.07) is 1.55. The summed E-state index contributed by atoms with van der Waals surface area (Å²) >= 11 is 0.714. The maximum atomic E-state index is 16.5. The molecule has 2 aliphatic rings. The van der Waals surface area contributed by atoms with Gasteiger partial charge in [-0.3, -0.25) is 15.2 Å². The van der Waals surface area contributed by atoms with Crippen LogP contribution < -0.4 is 10.1 Å². The Morgan fingerprint density at radius 3 is 2.88 bits per heavy atom. The molecule has 15 heteroatoms. The van der Waals surface area contributed by atoms with Crippen LogP contribution in [0.25, 0.3) is 32.2 Å². The van der Waals surface area contributed by atoms with E-state index in [1.54, 1.807) is 7.11 Å². The quantitative estimate of drug-likeness (QED) is 0.294. The van der Waals surface area contributed by atoms with Crippen molar-refractivity contribution in [3.63, 3.8) is 0 Å². The summed E-state index contributed by atoms with van der Waals surface area (Å²) in [5.74, 6) is -1.60. The first-order valence-electron chi connectivity index (χ1n) is 12.9. The van der Waals surface area contributed by atoms with E-state index in [1.165, 1.54) is 6.20 Å². The van der Waals surface area contributed by atoms with E-state index in [2.05, 4.69) is 20.3 Å². The van der Waals surface area contributed by atoms with Gasteiger partial charge in [0.05, 0.1) is 42.0 Å². The number of carboxylic acid groups (broad SMARTS) is 1. The average molecular weight is 601 g/mol. The second-order valence-corrected chi connectivity index (χ2v) is 10.9. The molecule has 5 heterocycles. The zero-order valence-corrected chi connectivity index (χ0v) is 22.9. The van der Waals surface area contributed by atoms with Crippen LogP contribution in [-0.4, -0.2) is 76.7 Å². The number of anilines is 1. The molecule has 2 N–H and O–H groups in total. The van der Waals surface area contributed by atoms with E-state index in [0.29, 0.717) is 41.0 Å². The average Bonchev–Trinajstić information content (AvgIpc) is 3.68. The van der Waals surface area contributed by atoms with E-state index in [-0.39, 0.29) is 82.3 Å². The van der Waals surface area contributed by atoms with Gasteiger partial charge in [0, 0.05) is 48.8 Å². The molecule has 2 atom stereocenters. The third-order valence-electron chi connectivity index (χ3n) is 7.38. The zero-order chi connectivity index (χ0) is 29.5. The third kappa shape index (κ3) is 4.86. The van der Waals surface area contributed by atoms with Crippen LogP contribution >= 0.6 is 11.3 Å². The van der Waals surface area contributed by atoms with Crippen molar-refractivity contribution in [3.05, 3.63) is 40.7 Å². The maximum absolute atomic E-state index is 16.5. The second-order valence-electron chi connectivity index (χ2n) is 9.85. The molecule has 2 aliphatic heterocycles. The Kier molecular flexibility index (Phi) is 7.54. The first-order chi connectivity index (χ1) is 20.3. The van der Waals surface area contributed by atoms with Gasteiger partial charge >= 0.3 is 12.1 Å². The third-order valence-corrected chi connectivity index (χ3v) is 8.49. The summed E-state index contributed by atoms with van der Waals surface area (Å²) in [5, 5.41) is 21.4. The highest BCUT2D eigenvalue weighted by Gasteiger charge is 2.33. The molecule has 4 aromatic rings. The number of aromatic nitrogens is 3. The fourth-order valence-electron chi connectivity index (χ4n) is 5.51. The van der Waals surface area contributed by atoms with Gasteiger partial charge in [-0.05, 0) is 17.5 Å². The van der Waals surface area contributed by atoms with Crippen LogP contribution in [0.15, 0.2) is 12.4 Å². The van der Waals surface area contributed by atoms with E-state index in [4.69, 9.17) is 14.2 Å². The van der Waals surface area contributed by atoms with Crippen LogP contribution in [-0.2, 0) is 22.7 Å². The van der Waals surface area contributed by atoms with E-state index in [9.17, 15) is 23.9 Å². The van der Waals surface area contributed by atoms with E-state index in [1.807, 2.05) is 11.0 Å². The summed E-state index contributed by atoms with van der Waals surface area (Å²) in [6.45, 7) is 1.46. The van der Waals surface area contributed by atoms with Gasteiger partial charge in [-0.25, -0.2) is 22.9 Å². The number of thiophene rings is 1. The molecule has 42 heavy (non-hydrogen) atoms. The largest absolute Gasteiger partial charge is 0.465 e. The van der Waals surface area contributed by atoms with Gasteiger partial charge in [-0.15, -0.1) is 11.3 Å². The molecule has 218 valence electrons. The molecule has 1 aromatic carbocycles. The van der Waals surface area contributed by atoms with Crippen molar-refractivity contribution in [2.75, 3.05) is 38.7 Å². The Bertz CT molecular complexity index is 1760. The van der Waals surface area contributed by atoms with Crippen LogP contribution in [0.5, 0.6) is 6.01 Å². The number of rotatable bonds is 8. The molecule has 0 saturated carbocycles. The van der Waals surface area contributed by atoms with Gasteiger partial charge in [0.15, 0.2) is 11.6 Å². The van der Waals surface area contributed by atoms with Crippen LogP contribution in [0.2, 0.25) is 0 Å². The lowest BCUT2D eigenvalue weighted by molar-refractivity contribution is 0.115. The Hall–Kier alpha value is -4.10. The monoisotopic (exact) mass is 600 g/mol. The van der Waals surface area contributed by atoms with Gasteiger partial charge in [0.25, 0.3) is 0 Å². The number of benzene rings is 1. The first kappa shape index (κ1) is 28.0. The van der Waals surface area contributed by atoms with Crippen molar-refractivity contribution in [1.29, 1.82) is 5.26 Å². The highest BCUT2D eigenvalue weighted by atomic mass is 32.1. The van der Waals surface area contributed by atoms with E-state index < -0.39 is 23.9 Å². The normalized spacial score (nSPS) is 18.5. The Labute approximate surface area is 240 Å². The minimum absolute atomic E-state index is 0.0198. The number of ether oxygens (including phenoxy) is 3. The summed E-state index contributed by atoms with van der Waals surface area (Å²) < 4.78 is 61.9. The number of amides is 1. The second kappa shape index (κ2) is 11.3. The molecule has 3 aromatic heterocycles. The molecule has 1 fully saturated rings. The van der Waals surface area contributed by atoms with Crippen LogP contribution in [0.4, 0.5) is 23.0 Å². The number of likely N-dealkylation sites (tertiary alicyclic amines) is 1. The lowest BCUT2D eigenvalue weighted by atomic mass is 9.94. The molecule has 0 spiro atoms. The standard InChI is InChI=1S/C27H23F3N6O5S/c1-39-3-2-36-8-12(28)4-13(36)9-41-26-33-6-15-16-10-40-11-17(16)19(21(30)22(15)34-26)23-20-14(5-31)25(35-27(37)38)42-24(20)18(29)7-32-23/h6-7,12-13,35H,2-4,8-11H2,1H3,(H,37,38)/t12-,13-/m0/s1. The summed E-state index contributed by atoms with van der Waals surface area (Å²) in [4.78, 5) is 26.0. The number of hydrogen-bond donors (Lipinski definition) is 2. The predicted molar refractivity (Wildman–Crippen MR) is 145 cm³/mol. The highest BCUT2D eigenvalue weighted by Crippen LogP contribution is 2.45. The molecule has 11 nitrogen and oxygen atoms in total. The Morgan fingerprint density at radius 2 is 2.12 bits per heavy atom. The lowest BCUT2D eigenvalue weighted by Gasteiger charge is -2.23. The van der Waals surface area contributed by atoms with Gasteiger partial charge in [0.1, 0.15) is 29.4 Å². The number of carbonyl (C=O) groups is 1. The van der Waals surface area contributed by atoms with E-state index in [0.717, 1.165) is 6.20 Å². The summed E-state index contributed by atoms with van der Waals surface area (Å²) in [6.07, 6.45) is 0.159. The molecular formula is C27H23F3N6O5S. The number of alkyl halides is 1. The highest BCUT2D eigenvalue weighted by molar-refractivity contribution is 7.23. The molecule has 0 aliphatic carbocycles. The summed E-state index contributed by atoms with van der Waals surface area (Å²) in [7, 11) is 1.57. The molecule has 0 bridgehead atoms. The maximum Gasteiger partial charge on any atom is 0.409 e. The number of nitrogens with zero attached hydrogens (tertiary/aromatic N) is 5. The Morgan fingerprint density at radius 1 is 1.31 bits per heavy atom. The van der Waals surface area contributed by atoms with Gasteiger partial charge in [0.2, 0.25) is 0 Å². The molecular weight excluding hydrogens is 577 g/mol. The number of pyridine rings is 1. The molecule has 6 rings (SSSR count). The van der Waals surface area contributed by atoms with Gasteiger partial charge in [-0.2, -0.15) is 10.2 Å². The van der Waals surface area contributed by atoms with Crippen molar-refractivity contribution in [2.45, 2.75) is 31.8 Å². The lowest BCUT2D eigenvalue weighted by Crippen LogP contribution is -2.36. The van der Waals surface area contributed by atoms with Gasteiger partial charge < -0.3 is 19.3 Å². The number of nitrogens with one attached hydrogen (secondary N) is 1. The fourth-order valence-corrected chi connectivity index (χ4v) is 6.56. The van der Waals surface area contributed by atoms with Crippen molar-refractivity contribution in [2.24, 2.45) is 0 Å². The van der Waals surface area contributed by atoms with Crippen LogP contribution in [0.1, 0.15) is 23.1 Å². The molecule has 1 amide bonds. The number of hydrogen-bond acceptors (Lipinski definition) is 10. The van der Waals surface area contributed by atoms with Crippen molar-refractivity contribution in [3.8, 4) is 23.3 Å². The number of fused-ring (bicyclic) bond motifs is 4. The number of methoxy groups -OCH3 is 1. The van der Waals surface area contributed by atoms with Crippen molar-refractivity contribution in [1.82, 2.24) is 19.9 Å². The van der Waals surface area contributed by atoms with Crippen molar-refractivity contribution < 1.29 is 37.3 Å². The van der Waals surface area contributed by atoms with Gasteiger partial charge in [-0.1, -0.05) is 0 Å². The topological polar surface area (TPSA) is 143 Å². The zero-order valence-electron chi connectivity index (χ0n) is 22.1. The van der Waals surface area contributed by atoms with Crippen LogP contribution in [0, 0.1) is 23.0 Å². The SMILES string of the molecule is COCCN1C[C@@H](F)C[C@H]1COc1ncc2c3c(c(-c4ncc(F)c5sc(NC(=O)O)c(C#N)c45)c(F)c2n1)COC3. The molecule has 1 saturated heterocycles. The predicted octanol–water partition coefficient (Wildman–Crippen LogP) is 4.61. The van der Waals surface area contributed by atoms with Crippen molar-refractivity contribution >= 4 is 43.4 Å². The Balaban J connectivity index is 1.44. The minimum Gasteiger partial charge on any atom is -0.465 e. The number of nitriles is 1. The molecule has 0 radical (unpaired) electrons. The fraction of sp³-hybridized carbons (Fsp3) is 0.370. The smallest absolute Gasteiger partial charge is 0.409 e. The minimum atomic E-state index is -1.44. The van der Waals surface area contributed by atoms with E-state index >= 15 is 4.39 Å². The molecule has 0 unspecified atom stereocenters.